The number of hydrogen-bond acceptors (Lipinski definition) is 6. The van der Waals surface area contributed by atoms with Gasteiger partial charge in [0.25, 0.3) is 5.91 Å². The molecule has 1 aliphatic carbocycles. The van der Waals surface area contributed by atoms with E-state index in [0.29, 0.717) is 34.4 Å². The maximum atomic E-state index is 13.0. The Morgan fingerprint density at radius 2 is 2.14 bits per heavy atom. The first-order valence-corrected chi connectivity index (χ1v) is 9.31. The molecule has 0 radical (unpaired) electrons. The smallest absolute Gasteiger partial charge is 0.261 e. The SMILES string of the molecule is COc1cc(NC(=O)c2cnn3ccc(C4CC4)nc23)cc(-c2ncn(C)n2)c1. The summed E-state index contributed by atoms with van der Waals surface area (Å²) in [7, 11) is 3.37. The average molecular weight is 389 g/mol. The zero-order valence-corrected chi connectivity index (χ0v) is 16.0. The van der Waals surface area contributed by atoms with Crippen molar-refractivity contribution in [1.29, 1.82) is 0 Å². The fraction of sp³-hybridized carbons (Fsp3) is 0.250. The van der Waals surface area contributed by atoms with Crippen molar-refractivity contribution in [1.82, 2.24) is 29.4 Å². The lowest BCUT2D eigenvalue weighted by Crippen LogP contribution is -2.12. The van der Waals surface area contributed by atoms with Crippen LogP contribution in [0.2, 0.25) is 0 Å². The van der Waals surface area contributed by atoms with Gasteiger partial charge in [-0.1, -0.05) is 0 Å². The average Bonchev–Trinajstić information content (AvgIpc) is 3.35. The van der Waals surface area contributed by atoms with Gasteiger partial charge in [-0.25, -0.2) is 14.5 Å². The van der Waals surface area contributed by atoms with Gasteiger partial charge in [-0.2, -0.15) is 10.2 Å². The molecule has 3 heterocycles. The number of methoxy groups -OCH3 is 1. The second kappa shape index (κ2) is 6.69. The Bertz CT molecular complexity index is 1220. The van der Waals surface area contributed by atoms with Gasteiger partial charge >= 0.3 is 0 Å². The lowest BCUT2D eigenvalue weighted by atomic mass is 10.1. The summed E-state index contributed by atoms with van der Waals surface area (Å²) >= 11 is 0. The Morgan fingerprint density at radius 3 is 2.86 bits per heavy atom. The Balaban J connectivity index is 1.47. The second-order valence-electron chi connectivity index (χ2n) is 7.10. The number of aromatic nitrogens is 6. The summed E-state index contributed by atoms with van der Waals surface area (Å²) in [6.45, 7) is 0. The first kappa shape index (κ1) is 17.4. The summed E-state index contributed by atoms with van der Waals surface area (Å²) < 4.78 is 8.61. The number of fused-ring (bicyclic) bond motifs is 1. The van der Waals surface area contributed by atoms with Gasteiger partial charge in [0.2, 0.25) is 0 Å². The molecule has 0 atom stereocenters. The fourth-order valence-corrected chi connectivity index (χ4v) is 3.24. The van der Waals surface area contributed by atoms with Crippen molar-refractivity contribution in [2.75, 3.05) is 12.4 Å². The van der Waals surface area contributed by atoms with Crippen LogP contribution in [0.5, 0.6) is 5.75 Å². The number of nitrogens with one attached hydrogen (secondary N) is 1. The van der Waals surface area contributed by atoms with Crippen molar-refractivity contribution < 1.29 is 9.53 Å². The number of hydrogen-bond donors (Lipinski definition) is 1. The van der Waals surface area contributed by atoms with E-state index in [-0.39, 0.29) is 5.91 Å². The fourth-order valence-electron chi connectivity index (χ4n) is 3.24. The van der Waals surface area contributed by atoms with Gasteiger partial charge in [0.05, 0.1) is 13.3 Å². The van der Waals surface area contributed by atoms with E-state index in [9.17, 15) is 4.79 Å². The highest BCUT2D eigenvalue weighted by Gasteiger charge is 2.26. The zero-order chi connectivity index (χ0) is 20.0. The number of carbonyl (C=O) groups excluding carboxylic acids is 1. The summed E-state index contributed by atoms with van der Waals surface area (Å²) in [6, 6.07) is 7.35. The minimum atomic E-state index is -0.284. The number of aryl methyl sites for hydroxylation is 1. The first-order chi connectivity index (χ1) is 14.1. The predicted molar refractivity (Wildman–Crippen MR) is 106 cm³/mol. The van der Waals surface area contributed by atoms with Gasteiger partial charge in [0.1, 0.15) is 17.6 Å². The third kappa shape index (κ3) is 3.31. The van der Waals surface area contributed by atoms with Crippen molar-refractivity contribution in [3.63, 3.8) is 0 Å². The van der Waals surface area contributed by atoms with Crippen LogP contribution in [0.15, 0.2) is 43.0 Å². The van der Waals surface area contributed by atoms with Gasteiger partial charge in [0, 0.05) is 42.2 Å². The Kier molecular flexibility index (Phi) is 4.01. The highest BCUT2D eigenvalue weighted by atomic mass is 16.5. The Labute approximate surface area is 166 Å². The standard InChI is InChI=1S/C20H19N7O2/c1-26-11-21-18(25-26)13-7-14(9-15(8-13)29-2)23-20(28)16-10-22-27-6-5-17(12-3-4-12)24-19(16)27/h5-12H,3-4H2,1-2H3,(H,23,28). The number of anilines is 1. The molecule has 1 saturated carbocycles. The molecule has 1 N–H and O–H groups in total. The van der Waals surface area contributed by atoms with Crippen LogP contribution in [0.25, 0.3) is 17.0 Å². The molecule has 146 valence electrons. The van der Waals surface area contributed by atoms with Crippen molar-refractivity contribution in [3.8, 4) is 17.1 Å². The molecule has 3 aromatic heterocycles. The van der Waals surface area contributed by atoms with Crippen molar-refractivity contribution >= 4 is 17.2 Å². The quantitative estimate of drug-likeness (QED) is 0.563. The lowest BCUT2D eigenvalue weighted by molar-refractivity contribution is 0.102. The predicted octanol–water partition coefficient (Wildman–Crippen LogP) is 2.66. The van der Waals surface area contributed by atoms with Crippen LogP contribution < -0.4 is 10.1 Å². The van der Waals surface area contributed by atoms with Gasteiger partial charge in [-0.05, 0) is 31.0 Å². The molecule has 0 unspecified atom stereocenters. The molecule has 0 aliphatic heterocycles. The highest BCUT2D eigenvalue weighted by molar-refractivity contribution is 6.08. The maximum absolute atomic E-state index is 13.0. The van der Waals surface area contributed by atoms with Gasteiger partial charge in [-0.3, -0.25) is 9.48 Å². The summed E-state index contributed by atoms with van der Waals surface area (Å²) in [6.07, 6.45) is 7.30. The molecule has 9 heteroatoms. The number of nitrogens with zero attached hydrogens (tertiary/aromatic N) is 6. The van der Waals surface area contributed by atoms with E-state index < -0.39 is 0 Å². The normalized spacial score (nSPS) is 13.6. The van der Waals surface area contributed by atoms with E-state index in [2.05, 4.69) is 25.5 Å². The first-order valence-electron chi connectivity index (χ1n) is 9.31. The molecule has 1 aliphatic rings. The van der Waals surface area contributed by atoms with Crippen LogP contribution in [0.3, 0.4) is 0 Å². The molecule has 9 nitrogen and oxygen atoms in total. The van der Waals surface area contributed by atoms with E-state index in [1.807, 2.05) is 24.4 Å². The topological polar surface area (TPSA) is 99.2 Å². The van der Waals surface area contributed by atoms with Crippen LogP contribution in [0.1, 0.15) is 34.8 Å². The van der Waals surface area contributed by atoms with Crippen LogP contribution in [-0.4, -0.2) is 42.4 Å². The third-order valence-corrected chi connectivity index (χ3v) is 4.89. The van der Waals surface area contributed by atoms with Crippen LogP contribution in [-0.2, 0) is 7.05 Å². The molecule has 4 aromatic rings. The molecule has 0 spiro atoms. The molecule has 1 amide bonds. The number of amides is 1. The molecular weight excluding hydrogens is 370 g/mol. The lowest BCUT2D eigenvalue weighted by Gasteiger charge is -2.09. The summed E-state index contributed by atoms with van der Waals surface area (Å²) in [5.74, 6) is 1.36. The number of ether oxygens (including phenoxy) is 1. The van der Waals surface area contributed by atoms with E-state index in [1.54, 1.807) is 35.7 Å². The van der Waals surface area contributed by atoms with Crippen molar-refractivity contribution in [2.45, 2.75) is 18.8 Å². The molecule has 0 bridgehead atoms. The number of rotatable bonds is 5. The van der Waals surface area contributed by atoms with Gasteiger partial charge in [0.15, 0.2) is 11.5 Å². The Hall–Kier alpha value is -3.75. The van der Waals surface area contributed by atoms with Crippen LogP contribution in [0, 0.1) is 0 Å². The van der Waals surface area contributed by atoms with Crippen molar-refractivity contribution in [3.05, 3.63) is 54.2 Å². The summed E-state index contributed by atoms with van der Waals surface area (Å²) in [5.41, 5.74) is 3.31. The maximum Gasteiger partial charge on any atom is 0.261 e. The minimum absolute atomic E-state index is 0.284. The molecular formula is C20H19N7O2. The van der Waals surface area contributed by atoms with Crippen LogP contribution >= 0.6 is 0 Å². The summed E-state index contributed by atoms with van der Waals surface area (Å²) in [4.78, 5) is 21.9. The molecule has 1 fully saturated rings. The number of benzene rings is 1. The minimum Gasteiger partial charge on any atom is -0.497 e. The molecule has 5 rings (SSSR count). The van der Waals surface area contributed by atoms with Gasteiger partial charge < -0.3 is 10.1 Å². The van der Waals surface area contributed by atoms with E-state index in [1.165, 1.54) is 6.20 Å². The van der Waals surface area contributed by atoms with E-state index in [4.69, 9.17) is 4.74 Å². The molecule has 1 aromatic carbocycles. The third-order valence-electron chi connectivity index (χ3n) is 4.89. The summed E-state index contributed by atoms with van der Waals surface area (Å²) in [5, 5.41) is 11.5. The highest BCUT2D eigenvalue weighted by Crippen LogP contribution is 2.39. The van der Waals surface area contributed by atoms with E-state index >= 15 is 0 Å². The van der Waals surface area contributed by atoms with Crippen molar-refractivity contribution in [2.24, 2.45) is 7.05 Å². The molecule has 29 heavy (non-hydrogen) atoms. The number of carbonyl (C=O) groups is 1. The largest absolute Gasteiger partial charge is 0.497 e. The van der Waals surface area contributed by atoms with Crippen LogP contribution in [0.4, 0.5) is 5.69 Å². The molecule has 0 saturated heterocycles. The van der Waals surface area contributed by atoms with E-state index in [0.717, 1.165) is 24.1 Å². The Morgan fingerprint density at radius 1 is 1.28 bits per heavy atom. The van der Waals surface area contributed by atoms with Gasteiger partial charge in [-0.15, -0.1) is 0 Å². The zero-order valence-electron chi connectivity index (χ0n) is 16.0. The second-order valence-corrected chi connectivity index (χ2v) is 7.10. The monoisotopic (exact) mass is 389 g/mol.